The zero-order valence-electron chi connectivity index (χ0n) is 13.0. The molecule has 0 spiro atoms. The minimum atomic E-state index is -0.948. The van der Waals surface area contributed by atoms with Crippen molar-refractivity contribution in [3.05, 3.63) is 25.3 Å². The normalized spacial score (nSPS) is 12.5. The van der Waals surface area contributed by atoms with E-state index in [0.717, 1.165) is 25.7 Å². The summed E-state index contributed by atoms with van der Waals surface area (Å²) >= 11 is 0. The number of rotatable bonds is 12. The smallest absolute Gasteiger partial charge is 0.305 e. The van der Waals surface area contributed by atoms with Gasteiger partial charge >= 0.3 is 11.9 Å². The van der Waals surface area contributed by atoms with Crippen LogP contribution in [0.25, 0.3) is 0 Å². The molecule has 0 aromatic heterocycles. The summed E-state index contributed by atoms with van der Waals surface area (Å²) in [5.74, 6) is -1.90. The van der Waals surface area contributed by atoms with E-state index in [9.17, 15) is 9.59 Å². The Kier molecular flexibility index (Phi) is 16.2. The highest BCUT2D eigenvalue weighted by molar-refractivity contribution is 5.67. The van der Waals surface area contributed by atoms with E-state index in [1.165, 1.54) is 0 Å². The lowest BCUT2D eigenvalue weighted by atomic mass is 10.1. The summed E-state index contributed by atoms with van der Waals surface area (Å²) in [5.41, 5.74) is 0. The van der Waals surface area contributed by atoms with Crippen LogP contribution in [0.2, 0.25) is 0 Å². The lowest BCUT2D eigenvalue weighted by molar-refractivity contribution is -0.140. The molecule has 0 aliphatic rings. The summed E-state index contributed by atoms with van der Waals surface area (Å²) < 4.78 is 0. The number of aliphatic hydroxyl groups is 2. The number of aliphatic carboxylic acids is 2. The molecular weight excluding hydrogens is 288 g/mol. The minimum Gasteiger partial charge on any atom is -0.481 e. The maximum atomic E-state index is 10.1. The quantitative estimate of drug-likeness (QED) is 0.324. The Morgan fingerprint density at radius 2 is 1.14 bits per heavy atom. The Morgan fingerprint density at radius 1 is 0.818 bits per heavy atom. The van der Waals surface area contributed by atoms with Crippen LogP contribution in [0.15, 0.2) is 25.3 Å². The first-order chi connectivity index (χ1) is 10.3. The monoisotopic (exact) mass is 316 g/mol. The molecule has 6 nitrogen and oxygen atoms in total. The van der Waals surface area contributed by atoms with Gasteiger partial charge in [0, 0.05) is 0 Å². The van der Waals surface area contributed by atoms with Crippen LogP contribution in [0.3, 0.4) is 0 Å². The fraction of sp³-hybridized carbons (Fsp3) is 0.625. The lowest BCUT2D eigenvalue weighted by Gasteiger charge is -2.04. The van der Waals surface area contributed by atoms with E-state index in [2.05, 4.69) is 13.2 Å². The largest absolute Gasteiger partial charge is 0.481 e. The minimum absolute atomic E-state index is 0.156. The van der Waals surface area contributed by atoms with Gasteiger partial charge in [-0.2, -0.15) is 0 Å². The third-order valence-electron chi connectivity index (χ3n) is 2.71. The Morgan fingerprint density at radius 3 is 1.36 bits per heavy atom. The third kappa shape index (κ3) is 20.7. The van der Waals surface area contributed by atoms with Gasteiger partial charge in [0.25, 0.3) is 0 Å². The Hall–Kier alpha value is -1.66. The molecule has 0 bridgehead atoms. The highest BCUT2D eigenvalue weighted by atomic mass is 16.4. The van der Waals surface area contributed by atoms with Crippen LogP contribution in [0.5, 0.6) is 0 Å². The maximum Gasteiger partial charge on any atom is 0.305 e. The average Bonchev–Trinajstić information content (AvgIpc) is 2.38. The molecule has 0 saturated heterocycles. The predicted octanol–water partition coefficient (Wildman–Crippen LogP) is 2.36. The molecule has 128 valence electrons. The Bertz CT molecular complexity index is 295. The van der Waals surface area contributed by atoms with Crippen molar-refractivity contribution < 1.29 is 30.0 Å². The van der Waals surface area contributed by atoms with Gasteiger partial charge in [0.15, 0.2) is 0 Å². The van der Waals surface area contributed by atoms with Crippen molar-refractivity contribution in [2.24, 2.45) is 0 Å². The average molecular weight is 316 g/mol. The van der Waals surface area contributed by atoms with Crippen molar-refractivity contribution in [3.8, 4) is 0 Å². The summed E-state index contributed by atoms with van der Waals surface area (Å²) in [6.45, 7) is 7.04. The van der Waals surface area contributed by atoms with Gasteiger partial charge in [0.1, 0.15) is 0 Å². The molecule has 0 fully saturated rings. The second kappa shape index (κ2) is 15.7. The van der Waals surface area contributed by atoms with Gasteiger partial charge in [0.2, 0.25) is 0 Å². The van der Waals surface area contributed by atoms with Gasteiger partial charge in [0.05, 0.1) is 25.0 Å². The van der Waals surface area contributed by atoms with E-state index >= 15 is 0 Å². The standard InChI is InChI=1S/2C8H14O3/c2*1-2-3-4-5-7(9)6-8(10)11/h2*2,7,9H,1,3-6H2,(H,10,11). The first-order valence-corrected chi connectivity index (χ1v) is 7.34. The van der Waals surface area contributed by atoms with Crippen molar-refractivity contribution in [2.75, 3.05) is 0 Å². The molecule has 4 N–H and O–H groups in total. The highest BCUT2D eigenvalue weighted by Gasteiger charge is 2.08. The van der Waals surface area contributed by atoms with E-state index < -0.39 is 24.1 Å². The molecule has 6 heteroatoms. The van der Waals surface area contributed by atoms with Crippen LogP contribution >= 0.6 is 0 Å². The molecule has 2 atom stereocenters. The lowest BCUT2D eigenvalue weighted by Crippen LogP contribution is -2.12. The van der Waals surface area contributed by atoms with Crippen molar-refractivity contribution in [2.45, 2.75) is 63.6 Å². The molecule has 0 aromatic rings. The molecule has 22 heavy (non-hydrogen) atoms. The molecule has 0 saturated carbocycles. The van der Waals surface area contributed by atoms with Gasteiger partial charge in [-0.25, -0.2) is 0 Å². The number of allylic oxidation sites excluding steroid dienone is 2. The molecule has 0 aliphatic carbocycles. The number of hydrogen-bond donors (Lipinski definition) is 4. The van der Waals surface area contributed by atoms with Gasteiger partial charge in [-0.1, -0.05) is 12.2 Å². The number of unbranched alkanes of at least 4 members (excludes halogenated alkanes) is 2. The van der Waals surface area contributed by atoms with E-state index in [1.54, 1.807) is 12.2 Å². The van der Waals surface area contributed by atoms with Crippen molar-refractivity contribution in [1.82, 2.24) is 0 Å². The first kappa shape index (κ1) is 22.6. The van der Waals surface area contributed by atoms with Crippen LogP contribution in [0.4, 0.5) is 0 Å². The van der Waals surface area contributed by atoms with Crippen LogP contribution in [0.1, 0.15) is 51.4 Å². The van der Waals surface area contributed by atoms with Gasteiger partial charge in [-0.05, 0) is 38.5 Å². The van der Waals surface area contributed by atoms with E-state index in [4.69, 9.17) is 20.4 Å². The highest BCUT2D eigenvalue weighted by Crippen LogP contribution is 2.05. The summed E-state index contributed by atoms with van der Waals surface area (Å²) in [5, 5.41) is 34.6. The summed E-state index contributed by atoms with van der Waals surface area (Å²) in [7, 11) is 0. The third-order valence-corrected chi connectivity index (χ3v) is 2.71. The molecule has 0 amide bonds. The molecule has 0 rings (SSSR count). The van der Waals surface area contributed by atoms with Crippen LogP contribution in [-0.4, -0.2) is 44.6 Å². The van der Waals surface area contributed by atoms with E-state index in [-0.39, 0.29) is 12.8 Å². The van der Waals surface area contributed by atoms with Crippen molar-refractivity contribution in [3.63, 3.8) is 0 Å². The predicted molar refractivity (Wildman–Crippen MR) is 84.6 cm³/mol. The van der Waals surface area contributed by atoms with Crippen LogP contribution in [-0.2, 0) is 9.59 Å². The fourth-order valence-corrected chi connectivity index (χ4v) is 1.60. The SMILES string of the molecule is C=CCCCC(O)CC(=O)O.C=CCCCC(O)CC(=O)O. The number of aliphatic hydroxyl groups excluding tert-OH is 2. The second-order valence-electron chi connectivity index (χ2n) is 4.94. The molecule has 0 aliphatic heterocycles. The number of carboxylic acid groups (broad SMARTS) is 2. The summed E-state index contributed by atoms with van der Waals surface area (Å²) in [6.07, 6.45) is 6.15. The maximum absolute atomic E-state index is 10.1. The molecular formula is C16H28O6. The van der Waals surface area contributed by atoms with Crippen LogP contribution in [0, 0.1) is 0 Å². The number of hydrogen-bond acceptors (Lipinski definition) is 4. The second-order valence-corrected chi connectivity index (χ2v) is 4.94. The summed E-state index contributed by atoms with van der Waals surface area (Å²) in [4.78, 5) is 20.1. The Balaban J connectivity index is 0. The van der Waals surface area contributed by atoms with E-state index in [1.807, 2.05) is 0 Å². The van der Waals surface area contributed by atoms with Crippen molar-refractivity contribution in [1.29, 1.82) is 0 Å². The van der Waals surface area contributed by atoms with Gasteiger partial charge in [-0.3, -0.25) is 9.59 Å². The topological polar surface area (TPSA) is 115 Å². The number of carbonyl (C=O) groups is 2. The fourth-order valence-electron chi connectivity index (χ4n) is 1.60. The summed E-state index contributed by atoms with van der Waals surface area (Å²) in [6, 6.07) is 0. The van der Waals surface area contributed by atoms with E-state index in [0.29, 0.717) is 12.8 Å². The first-order valence-electron chi connectivity index (χ1n) is 7.34. The molecule has 2 unspecified atom stereocenters. The van der Waals surface area contributed by atoms with Gasteiger partial charge in [-0.15, -0.1) is 13.2 Å². The molecule has 0 radical (unpaired) electrons. The molecule has 0 aromatic carbocycles. The Labute approximate surface area is 131 Å². The number of carboxylic acids is 2. The zero-order chi connectivity index (χ0) is 17.4. The van der Waals surface area contributed by atoms with Crippen molar-refractivity contribution >= 4 is 11.9 Å². The molecule has 0 heterocycles. The van der Waals surface area contributed by atoms with Crippen LogP contribution < -0.4 is 0 Å². The van der Waals surface area contributed by atoms with Gasteiger partial charge < -0.3 is 20.4 Å². The zero-order valence-corrected chi connectivity index (χ0v) is 13.0.